The van der Waals surface area contributed by atoms with Gasteiger partial charge in [-0.15, -0.1) is 0 Å². The fourth-order valence-electron chi connectivity index (χ4n) is 1.70. The molecule has 0 bridgehead atoms. The molecule has 0 rings (SSSR count). The van der Waals surface area contributed by atoms with Crippen LogP contribution in [0.25, 0.3) is 0 Å². The van der Waals surface area contributed by atoms with E-state index in [1.54, 1.807) is 0 Å². The summed E-state index contributed by atoms with van der Waals surface area (Å²) in [5.41, 5.74) is 0. The fraction of sp³-hybridized carbons (Fsp3) is 1.00. The zero-order chi connectivity index (χ0) is 19.4. The van der Waals surface area contributed by atoms with Gasteiger partial charge >= 0.3 is 70.3 Å². The van der Waals surface area contributed by atoms with Gasteiger partial charge in [0.25, 0.3) is 0 Å². The van der Waals surface area contributed by atoms with E-state index in [0.717, 1.165) is 0 Å². The smallest absolute Gasteiger partial charge is 0.324 e. The van der Waals surface area contributed by atoms with Crippen LogP contribution in [0, 0.1) is 39.9 Å². The minimum atomic E-state index is -4.69. The Balaban J connectivity index is 0. The second kappa shape index (κ2) is 11.1. The normalized spacial score (nSPS) is 14.0. The molecule has 25 heavy (non-hydrogen) atoms. The number of rotatable bonds is 11. The third kappa shape index (κ3) is 20.4. The van der Waals surface area contributed by atoms with Gasteiger partial charge in [0, 0.05) is 13.1 Å². The molecule has 0 aromatic carbocycles. The Labute approximate surface area is 174 Å². The van der Waals surface area contributed by atoms with Crippen molar-refractivity contribution in [1.29, 1.82) is 0 Å². The van der Waals surface area contributed by atoms with Crippen molar-refractivity contribution in [3.8, 4) is 0 Å². The van der Waals surface area contributed by atoms with Crippen LogP contribution in [0.1, 0.15) is 0 Å². The van der Waals surface area contributed by atoms with E-state index in [-0.39, 0.29) is 39.9 Å². The monoisotopic (exact) mass is 595 g/mol. The molecule has 0 aromatic heterocycles. The Morgan fingerprint density at radius 1 is 0.480 bits per heavy atom. The Morgan fingerprint density at radius 3 is 0.760 bits per heavy atom. The molecule has 1 radical (unpaired) electrons. The number of hydrogen-bond donors (Lipinski definition) is 8. The van der Waals surface area contributed by atoms with E-state index in [9.17, 15) is 18.3 Å². The van der Waals surface area contributed by atoms with Gasteiger partial charge in [0.1, 0.15) is 25.1 Å². The molecule has 0 aliphatic heterocycles. The minimum Gasteiger partial charge on any atom is -0.324 e. The van der Waals surface area contributed by atoms with Crippen LogP contribution in [0.5, 0.6) is 0 Å². The first-order valence-electron chi connectivity index (χ1n) is 5.99. The van der Waals surface area contributed by atoms with E-state index in [4.69, 9.17) is 39.1 Å². The first kappa shape index (κ1) is 29.0. The van der Waals surface area contributed by atoms with Gasteiger partial charge in [-0.2, -0.15) is 0 Å². The fourth-order valence-corrected chi connectivity index (χ4v) is 5.06. The molecule has 0 spiro atoms. The van der Waals surface area contributed by atoms with Gasteiger partial charge in [0.15, 0.2) is 0 Å². The Morgan fingerprint density at radius 2 is 0.640 bits per heavy atom. The standard InChI is InChI=1S/C6H20N2O12P4.Gd/c9-21(10,11)3-7(4-22(12,13)14)1-2-8(5-23(15,16)17)6-24(18,19)20;/h1-6H2,(H2,9,10,11)(H2,12,13,14)(H2,15,16,17)(H2,18,19,20);/q;+3/i;1+2. The van der Waals surface area contributed by atoms with E-state index in [2.05, 4.69) is 0 Å². The van der Waals surface area contributed by atoms with Crippen LogP contribution in [0.3, 0.4) is 0 Å². The van der Waals surface area contributed by atoms with Gasteiger partial charge in [-0.1, -0.05) is 0 Å². The van der Waals surface area contributed by atoms with Crippen molar-refractivity contribution in [2.24, 2.45) is 0 Å². The van der Waals surface area contributed by atoms with Gasteiger partial charge in [-0.05, 0) is 0 Å². The van der Waals surface area contributed by atoms with Crippen LogP contribution < -0.4 is 0 Å². The Bertz CT molecular complexity index is 492. The molecule has 0 aromatic rings. The predicted molar refractivity (Wildman–Crippen MR) is 81.1 cm³/mol. The van der Waals surface area contributed by atoms with Gasteiger partial charge in [-0.3, -0.25) is 28.1 Å². The van der Waals surface area contributed by atoms with Crippen LogP contribution in [0.15, 0.2) is 0 Å². The largest absolute Gasteiger partial charge is 3.00 e. The maximum absolute atomic E-state index is 11.0. The third-order valence-corrected chi connectivity index (χ3v) is 5.34. The molecule has 0 aliphatic rings. The summed E-state index contributed by atoms with van der Waals surface area (Å²) >= 11 is 0. The van der Waals surface area contributed by atoms with Crippen LogP contribution in [-0.4, -0.2) is 87.2 Å². The minimum absolute atomic E-state index is 0. The summed E-state index contributed by atoms with van der Waals surface area (Å²) in [4.78, 5) is 72.3. The molecule has 8 N–H and O–H groups in total. The number of nitrogens with zero attached hydrogens (tertiary/aromatic N) is 2. The molecule has 19 heteroatoms. The SMILES string of the molecule is O=P(O)(O)CN(CCN(CP(=O)(O)O)CP(=O)(O)O)CP(=O)(O)O.[159Gd+3]. The molecule has 0 fully saturated rings. The molecule has 0 saturated carbocycles. The maximum Gasteiger partial charge on any atom is 3.00 e. The van der Waals surface area contributed by atoms with Crippen LogP contribution >= 0.6 is 30.4 Å². The first-order chi connectivity index (χ1) is 10.4. The van der Waals surface area contributed by atoms with Crippen molar-refractivity contribution in [3.05, 3.63) is 0 Å². The molecule has 14 nitrogen and oxygen atoms in total. The summed E-state index contributed by atoms with van der Waals surface area (Å²) in [6.07, 6.45) is -4.18. The summed E-state index contributed by atoms with van der Waals surface area (Å²) < 4.78 is 43.9. The second-order valence-electron chi connectivity index (χ2n) is 5.01. The molecule has 0 amide bonds. The maximum atomic E-state index is 11.0. The van der Waals surface area contributed by atoms with Crippen LogP contribution in [0.4, 0.5) is 0 Å². The summed E-state index contributed by atoms with van der Waals surface area (Å²) in [7, 11) is -18.8. The van der Waals surface area contributed by atoms with Crippen molar-refractivity contribution in [3.63, 3.8) is 0 Å². The van der Waals surface area contributed by atoms with E-state index in [0.29, 0.717) is 9.80 Å². The third-order valence-electron chi connectivity index (χ3n) is 2.27. The quantitative estimate of drug-likeness (QED) is 0.122. The molecule has 0 atom stereocenters. The van der Waals surface area contributed by atoms with Gasteiger partial charge in [0.2, 0.25) is 0 Å². The summed E-state index contributed by atoms with van der Waals surface area (Å²) in [6.45, 7) is -1.01. The average molecular weight is 595 g/mol. The summed E-state index contributed by atoms with van der Waals surface area (Å²) in [5.74, 6) is 0. The topological polar surface area (TPSA) is 237 Å². The van der Waals surface area contributed by atoms with E-state index in [1.807, 2.05) is 0 Å². The summed E-state index contributed by atoms with van der Waals surface area (Å²) in [6, 6.07) is 0. The molecular formula is C6H20GdN2O12P4+3. The Kier molecular flexibility index (Phi) is 12.9. The van der Waals surface area contributed by atoms with Crippen molar-refractivity contribution >= 4 is 30.4 Å². The van der Waals surface area contributed by atoms with Crippen molar-refractivity contribution in [2.75, 3.05) is 38.2 Å². The molecular weight excluding hydrogens is 575 g/mol. The average Bonchev–Trinajstić information content (AvgIpc) is 2.16. The van der Waals surface area contributed by atoms with E-state index >= 15 is 0 Å². The zero-order valence-electron chi connectivity index (χ0n) is 12.5. The van der Waals surface area contributed by atoms with Gasteiger partial charge in [0.05, 0.1) is 0 Å². The Hall–Kier alpha value is 1.84. The first-order valence-corrected chi connectivity index (χ1v) is 13.2. The molecule has 0 unspecified atom stereocenters. The molecule has 0 heterocycles. The molecule has 151 valence electrons. The number of hydrogen-bond acceptors (Lipinski definition) is 6. The van der Waals surface area contributed by atoms with Crippen molar-refractivity contribution in [2.45, 2.75) is 0 Å². The summed E-state index contributed by atoms with van der Waals surface area (Å²) in [5, 5.41) is 0. The molecule has 0 aliphatic carbocycles. The second-order valence-corrected chi connectivity index (χ2v) is 11.5. The van der Waals surface area contributed by atoms with Crippen molar-refractivity contribution < 1.29 is 97.3 Å². The molecule has 0 saturated heterocycles. The van der Waals surface area contributed by atoms with Crippen molar-refractivity contribution in [1.82, 2.24) is 9.80 Å². The van der Waals surface area contributed by atoms with Gasteiger partial charge < -0.3 is 39.1 Å². The van der Waals surface area contributed by atoms with Crippen LogP contribution in [-0.2, 0) is 18.3 Å². The zero-order valence-corrected chi connectivity index (χ0v) is 18.3. The van der Waals surface area contributed by atoms with Crippen LogP contribution in [0.2, 0.25) is 0 Å². The van der Waals surface area contributed by atoms with E-state index in [1.165, 1.54) is 0 Å². The predicted octanol–water partition coefficient (Wildman–Crippen LogP) is -1.87. The van der Waals surface area contributed by atoms with Gasteiger partial charge in [-0.25, -0.2) is 0 Å². The van der Waals surface area contributed by atoms with E-state index < -0.39 is 68.6 Å².